The Balaban J connectivity index is 1.62. The van der Waals surface area contributed by atoms with Gasteiger partial charge in [0.1, 0.15) is 0 Å². The van der Waals surface area contributed by atoms with Gasteiger partial charge in [-0.25, -0.2) is 4.98 Å². The number of non-ortho nitro benzene ring substituents is 1. The molecule has 0 atom stereocenters. The van der Waals surface area contributed by atoms with E-state index < -0.39 is 10.8 Å². The first kappa shape index (κ1) is 17.1. The third kappa shape index (κ3) is 4.03. The molecule has 1 aliphatic rings. The number of carbonyl (C=O) groups is 1. The number of amides is 1. The van der Waals surface area contributed by atoms with Crippen LogP contribution in [0.3, 0.4) is 0 Å². The maximum Gasteiger partial charge on any atom is 0.270 e. The molecular weight excluding hydrogens is 348 g/mol. The summed E-state index contributed by atoms with van der Waals surface area (Å²) < 4.78 is 1.40. The van der Waals surface area contributed by atoms with Crippen molar-refractivity contribution in [1.82, 2.24) is 14.9 Å². The molecule has 0 saturated heterocycles. The molecule has 0 radical (unpaired) electrons. The molecule has 1 aliphatic carbocycles. The zero-order valence-corrected chi connectivity index (χ0v) is 13.9. The standard InChI is InChI=1S/C16H15ClN4O4/c17-13-4-3-11(21(24)25)7-12(13)16(23)18-5-6-20-9-19-14(8-15(20)22)10-1-2-10/h3-4,7-10H,1-2,5-6H2,(H,18,23). The van der Waals surface area contributed by atoms with E-state index in [1.165, 1.54) is 29.1 Å². The van der Waals surface area contributed by atoms with Gasteiger partial charge in [-0.2, -0.15) is 0 Å². The molecule has 1 aromatic carbocycles. The number of nitro benzene ring substituents is 1. The third-order valence-electron chi connectivity index (χ3n) is 3.94. The minimum Gasteiger partial charge on any atom is -0.350 e. The van der Waals surface area contributed by atoms with E-state index in [4.69, 9.17) is 11.6 Å². The van der Waals surface area contributed by atoms with Crippen LogP contribution in [-0.4, -0.2) is 26.9 Å². The normalized spacial score (nSPS) is 13.5. The minimum atomic E-state index is -0.597. The molecule has 130 valence electrons. The van der Waals surface area contributed by atoms with E-state index in [1.807, 2.05) is 0 Å². The molecule has 1 amide bonds. The minimum absolute atomic E-state index is 0.0189. The Hall–Kier alpha value is -2.74. The summed E-state index contributed by atoms with van der Waals surface area (Å²) in [7, 11) is 0. The number of rotatable bonds is 6. The summed E-state index contributed by atoms with van der Waals surface area (Å²) >= 11 is 5.92. The third-order valence-corrected chi connectivity index (χ3v) is 4.27. The number of halogens is 1. The van der Waals surface area contributed by atoms with Crippen LogP contribution in [0.25, 0.3) is 0 Å². The molecule has 0 bridgehead atoms. The van der Waals surface area contributed by atoms with Crippen molar-refractivity contribution in [3.8, 4) is 0 Å². The number of hydrogen-bond donors (Lipinski definition) is 1. The van der Waals surface area contributed by atoms with Crippen LogP contribution in [0.4, 0.5) is 5.69 Å². The Labute approximate surface area is 147 Å². The van der Waals surface area contributed by atoms with Crippen molar-refractivity contribution in [3.63, 3.8) is 0 Å². The summed E-state index contributed by atoms with van der Waals surface area (Å²) in [5.74, 6) is -0.137. The van der Waals surface area contributed by atoms with Gasteiger partial charge in [-0.15, -0.1) is 0 Å². The highest BCUT2D eigenvalue weighted by Crippen LogP contribution is 2.38. The second-order valence-corrected chi connectivity index (χ2v) is 6.20. The fourth-order valence-electron chi connectivity index (χ4n) is 2.40. The maximum atomic E-state index is 12.1. The smallest absolute Gasteiger partial charge is 0.270 e. The Morgan fingerprint density at radius 3 is 2.80 bits per heavy atom. The Bertz CT molecular complexity index is 892. The molecule has 0 aliphatic heterocycles. The SMILES string of the molecule is O=C(NCCn1cnc(C2CC2)cc1=O)c1cc([N+](=O)[O-])ccc1Cl. The number of nitrogens with one attached hydrogen (secondary N) is 1. The highest BCUT2D eigenvalue weighted by Gasteiger charge is 2.25. The van der Waals surface area contributed by atoms with Crippen molar-refractivity contribution in [2.24, 2.45) is 0 Å². The van der Waals surface area contributed by atoms with E-state index in [2.05, 4.69) is 10.3 Å². The number of nitrogens with zero attached hydrogens (tertiary/aromatic N) is 3. The average molecular weight is 363 g/mol. The second-order valence-electron chi connectivity index (χ2n) is 5.80. The lowest BCUT2D eigenvalue weighted by molar-refractivity contribution is -0.384. The maximum absolute atomic E-state index is 12.1. The van der Waals surface area contributed by atoms with Crippen molar-refractivity contribution in [1.29, 1.82) is 0 Å². The Morgan fingerprint density at radius 2 is 2.16 bits per heavy atom. The van der Waals surface area contributed by atoms with Crippen LogP contribution in [0.5, 0.6) is 0 Å². The van der Waals surface area contributed by atoms with Crippen LogP contribution in [0.1, 0.15) is 34.8 Å². The summed E-state index contributed by atoms with van der Waals surface area (Å²) in [6.07, 6.45) is 3.61. The second kappa shape index (κ2) is 7.02. The zero-order chi connectivity index (χ0) is 18.0. The molecular formula is C16H15ClN4O4. The summed E-state index contributed by atoms with van der Waals surface area (Å²) in [5, 5.41) is 13.5. The molecule has 1 fully saturated rings. The predicted molar refractivity (Wildman–Crippen MR) is 90.9 cm³/mol. The molecule has 0 unspecified atom stereocenters. The van der Waals surface area contributed by atoms with Crippen molar-refractivity contribution in [2.45, 2.75) is 25.3 Å². The first-order chi connectivity index (χ1) is 12.0. The summed E-state index contributed by atoms with van der Waals surface area (Å²) in [6.45, 7) is 0.414. The fraction of sp³-hybridized carbons (Fsp3) is 0.312. The first-order valence-corrected chi connectivity index (χ1v) is 8.12. The monoisotopic (exact) mass is 362 g/mol. The largest absolute Gasteiger partial charge is 0.350 e. The van der Waals surface area contributed by atoms with Gasteiger partial charge in [0.25, 0.3) is 17.2 Å². The van der Waals surface area contributed by atoms with Gasteiger partial charge in [-0.05, 0) is 18.9 Å². The van der Waals surface area contributed by atoms with Gasteiger partial charge in [0.05, 0.1) is 27.5 Å². The van der Waals surface area contributed by atoms with E-state index in [-0.39, 0.29) is 34.9 Å². The number of aromatic nitrogens is 2. The number of carbonyl (C=O) groups excluding carboxylic acids is 1. The summed E-state index contributed by atoms with van der Waals surface area (Å²) in [4.78, 5) is 38.6. The molecule has 9 heteroatoms. The molecule has 8 nitrogen and oxygen atoms in total. The van der Waals surface area contributed by atoms with Crippen molar-refractivity contribution in [2.75, 3.05) is 6.54 Å². The van der Waals surface area contributed by atoms with Gasteiger partial charge in [0, 0.05) is 37.2 Å². The average Bonchev–Trinajstić information content (AvgIpc) is 3.41. The molecule has 2 aromatic rings. The number of nitro groups is 1. The molecule has 1 saturated carbocycles. The Morgan fingerprint density at radius 1 is 1.40 bits per heavy atom. The fourth-order valence-corrected chi connectivity index (χ4v) is 2.60. The lowest BCUT2D eigenvalue weighted by Crippen LogP contribution is -2.31. The van der Waals surface area contributed by atoms with E-state index >= 15 is 0 Å². The summed E-state index contributed by atoms with van der Waals surface area (Å²) in [6, 6.07) is 5.18. The van der Waals surface area contributed by atoms with Crippen molar-refractivity contribution >= 4 is 23.2 Å². The van der Waals surface area contributed by atoms with E-state index in [9.17, 15) is 19.7 Å². The van der Waals surface area contributed by atoms with E-state index in [1.54, 1.807) is 0 Å². The van der Waals surface area contributed by atoms with Crippen LogP contribution in [0, 0.1) is 10.1 Å². The van der Waals surface area contributed by atoms with Gasteiger partial charge in [0.2, 0.25) is 0 Å². The van der Waals surface area contributed by atoms with E-state index in [0.717, 1.165) is 24.6 Å². The first-order valence-electron chi connectivity index (χ1n) is 7.74. The van der Waals surface area contributed by atoms with Crippen LogP contribution in [0.15, 0.2) is 35.4 Å². The molecule has 25 heavy (non-hydrogen) atoms. The number of benzene rings is 1. The quantitative estimate of drug-likeness (QED) is 0.625. The lowest BCUT2D eigenvalue weighted by atomic mass is 10.2. The van der Waals surface area contributed by atoms with Crippen LogP contribution < -0.4 is 10.9 Å². The zero-order valence-electron chi connectivity index (χ0n) is 13.1. The van der Waals surface area contributed by atoms with Crippen molar-refractivity contribution < 1.29 is 9.72 Å². The topological polar surface area (TPSA) is 107 Å². The number of hydrogen-bond acceptors (Lipinski definition) is 5. The molecule has 1 heterocycles. The molecule has 3 rings (SSSR count). The van der Waals surface area contributed by atoms with Gasteiger partial charge in [-0.3, -0.25) is 24.3 Å². The Kier molecular flexibility index (Phi) is 4.80. The van der Waals surface area contributed by atoms with Crippen molar-refractivity contribution in [3.05, 3.63) is 67.3 Å². The molecule has 1 N–H and O–H groups in total. The summed E-state index contributed by atoms with van der Waals surface area (Å²) in [5.41, 5.74) is 0.448. The van der Waals surface area contributed by atoms with Gasteiger partial charge in [-0.1, -0.05) is 11.6 Å². The predicted octanol–water partition coefficient (Wildman–Crippen LogP) is 2.11. The van der Waals surface area contributed by atoms with Crippen LogP contribution in [-0.2, 0) is 6.54 Å². The lowest BCUT2D eigenvalue weighted by Gasteiger charge is -2.09. The van der Waals surface area contributed by atoms with Crippen LogP contribution >= 0.6 is 11.6 Å². The van der Waals surface area contributed by atoms with Crippen LogP contribution in [0.2, 0.25) is 5.02 Å². The molecule has 1 aromatic heterocycles. The van der Waals surface area contributed by atoms with E-state index in [0.29, 0.717) is 5.92 Å². The molecule has 0 spiro atoms. The van der Waals surface area contributed by atoms with Gasteiger partial charge < -0.3 is 5.32 Å². The van der Waals surface area contributed by atoms with Gasteiger partial charge >= 0.3 is 0 Å². The highest BCUT2D eigenvalue weighted by atomic mass is 35.5. The van der Waals surface area contributed by atoms with Gasteiger partial charge in [0.15, 0.2) is 0 Å². The highest BCUT2D eigenvalue weighted by molar-refractivity contribution is 6.33.